The van der Waals surface area contributed by atoms with Gasteiger partial charge in [-0.1, -0.05) is 30.3 Å². The molecule has 2 aromatic heterocycles. The molecule has 0 radical (unpaired) electrons. The summed E-state index contributed by atoms with van der Waals surface area (Å²) in [5.74, 6) is 0.576. The molecule has 0 aliphatic carbocycles. The topological polar surface area (TPSA) is 71.3 Å². The summed E-state index contributed by atoms with van der Waals surface area (Å²) in [5, 5.41) is 9.82. The van der Waals surface area contributed by atoms with Crippen molar-refractivity contribution in [2.75, 3.05) is 5.32 Å². The van der Waals surface area contributed by atoms with E-state index >= 15 is 0 Å². The lowest BCUT2D eigenvalue weighted by atomic mass is 10.1. The highest BCUT2D eigenvalue weighted by atomic mass is 16.2. The fourth-order valence-corrected chi connectivity index (χ4v) is 2.17. The van der Waals surface area contributed by atoms with Crippen LogP contribution in [0.5, 0.6) is 0 Å². The third-order valence-corrected chi connectivity index (χ3v) is 3.09. The molecule has 0 aliphatic rings. The first kappa shape index (κ1) is 14.1. The van der Waals surface area contributed by atoms with Crippen molar-refractivity contribution >= 4 is 17.5 Å². The summed E-state index contributed by atoms with van der Waals surface area (Å²) in [4.78, 5) is 16.5. The second-order valence-electron chi connectivity index (χ2n) is 5.25. The minimum Gasteiger partial charge on any atom is -0.336 e. The van der Waals surface area contributed by atoms with Gasteiger partial charge in [0.15, 0.2) is 5.65 Å². The number of aromatic nitrogens is 3. The number of hydrogen-bond acceptors (Lipinski definition) is 3. The molecule has 112 valence electrons. The number of benzene rings is 1. The highest BCUT2D eigenvalue weighted by molar-refractivity contribution is 5.89. The van der Waals surface area contributed by atoms with E-state index in [-0.39, 0.29) is 12.1 Å². The predicted octanol–water partition coefficient (Wildman–Crippen LogP) is 2.93. The van der Waals surface area contributed by atoms with Crippen molar-refractivity contribution in [3.8, 4) is 11.3 Å². The third-order valence-electron chi connectivity index (χ3n) is 3.09. The maximum atomic E-state index is 12.0. The van der Waals surface area contributed by atoms with Crippen molar-refractivity contribution < 1.29 is 4.79 Å². The molecule has 2 heterocycles. The van der Waals surface area contributed by atoms with Crippen LogP contribution >= 0.6 is 0 Å². The number of nitrogens with zero attached hydrogens (tertiary/aromatic N) is 3. The molecular weight excluding hydrogens is 278 g/mol. The zero-order valence-corrected chi connectivity index (χ0v) is 12.4. The smallest absolute Gasteiger partial charge is 0.320 e. The average molecular weight is 295 g/mol. The molecule has 3 rings (SSSR count). The zero-order valence-electron chi connectivity index (χ0n) is 12.4. The van der Waals surface area contributed by atoms with Gasteiger partial charge in [-0.25, -0.2) is 9.78 Å². The predicted molar refractivity (Wildman–Crippen MR) is 85.7 cm³/mol. The van der Waals surface area contributed by atoms with E-state index in [0.717, 1.165) is 11.3 Å². The first-order valence-corrected chi connectivity index (χ1v) is 7.11. The number of urea groups is 1. The molecule has 1 aromatic carbocycles. The Labute approximate surface area is 128 Å². The number of fused-ring (bicyclic) bond motifs is 1. The van der Waals surface area contributed by atoms with E-state index in [1.807, 2.05) is 50.2 Å². The molecule has 0 spiro atoms. The standard InChI is InChI=1S/C16H17N5O/c1-11(2)18-16(22)20-15-10-13(12-6-4-3-5-7-12)19-14-8-9-17-21(14)15/h3-11H,1-2H3,(H2,18,20,22). The normalized spacial score (nSPS) is 10.9. The molecule has 0 aliphatic heterocycles. The van der Waals surface area contributed by atoms with Crippen molar-refractivity contribution in [3.05, 3.63) is 48.7 Å². The van der Waals surface area contributed by atoms with Crippen LogP contribution < -0.4 is 10.6 Å². The quantitative estimate of drug-likeness (QED) is 0.780. The molecule has 0 saturated carbocycles. The third kappa shape index (κ3) is 2.90. The molecular formula is C16H17N5O. The maximum absolute atomic E-state index is 12.0. The van der Waals surface area contributed by atoms with Gasteiger partial charge in [0, 0.05) is 23.7 Å². The van der Waals surface area contributed by atoms with Crippen LogP contribution in [0, 0.1) is 0 Å². The number of nitrogens with one attached hydrogen (secondary N) is 2. The monoisotopic (exact) mass is 295 g/mol. The van der Waals surface area contributed by atoms with E-state index < -0.39 is 0 Å². The summed E-state index contributed by atoms with van der Waals surface area (Å²) in [5.41, 5.74) is 2.45. The Morgan fingerprint density at radius 2 is 1.95 bits per heavy atom. The molecule has 3 aromatic rings. The number of carbonyl (C=O) groups is 1. The van der Waals surface area contributed by atoms with Gasteiger partial charge in [0.25, 0.3) is 0 Å². The van der Waals surface area contributed by atoms with Crippen LogP contribution in [0.15, 0.2) is 48.7 Å². The molecule has 22 heavy (non-hydrogen) atoms. The van der Waals surface area contributed by atoms with Gasteiger partial charge >= 0.3 is 6.03 Å². The Morgan fingerprint density at radius 3 is 2.68 bits per heavy atom. The highest BCUT2D eigenvalue weighted by Crippen LogP contribution is 2.21. The maximum Gasteiger partial charge on any atom is 0.320 e. The van der Waals surface area contributed by atoms with Crippen LogP contribution in [0.1, 0.15) is 13.8 Å². The van der Waals surface area contributed by atoms with Gasteiger partial charge in [0.05, 0.1) is 11.9 Å². The van der Waals surface area contributed by atoms with Gasteiger partial charge in [0.2, 0.25) is 0 Å². The summed E-state index contributed by atoms with van der Waals surface area (Å²) < 4.78 is 1.60. The Morgan fingerprint density at radius 1 is 1.18 bits per heavy atom. The largest absolute Gasteiger partial charge is 0.336 e. The molecule has 6 nitrogen and oxygen atoms in total. The number of anilines is 1. The van der Waals surface area contributed by atoms with Gasteiger partial charge in [-0.3, -0.25) is 5.32 Å². The van der Waals surface area contributed by atoms with E-state index in [1.165, 1.54) is 0 Å². The molecule has 6 heteroatoms. The van der Waals surface area contributed by atoms with Crippen LogP contribution in [0.2, 0.25) is 0 Å². The van der Waals surface area contributed by atoms with Crippen LogP contribution in [-0.4, -0.2) is 26.7 Å². The van der Waals surface area contributed by atoms with E-state index in [9.17, 15) is 4.79 Å². The van der Waals surface area contributed by atoms with Gasteiger partial charge in [-0.15, -0.1) is 0 Å². The number of rotatable bonds is 3. The summed E-state index contributed by atoms with van der Waals surface area (Å²) >= 11 is 0. The number of amides is 2. The van der Waals surface area contributed by atoms with Gasteiger partial charge in [0.1, 0.15) is 5.82 Å². The molecule has 2 N–H and O–H groups in total. The van der Waals surface area contributed by atoms with Crippen LogP contribution in [-0.2, 0) is 0 Å². The molecule has 2 amide bonds. The Kier molecular flexibility index (Phi) is 3.74. The van der Waals surface area contributed by atoms with Crippen molar-refractivity contribution in [2.45, 2.75) is 19.9 Å². The van der Waals surface area contributed by atoms with E-state index in [0.29, 0.717) is 11.5 Å². The summed E-state index contributed by atoms with van der Waals surface area (Å²) in [6.07, 6.45) is 1.66. The minimum absolute atomic E-state index is 0.0588. The van der Waals surface area contributed by atoms with Gasteiger partial charge in [-0.05, 0) is 13.8 Å². The van der Waals surface area contributed by atoms with Gasteiger partial charge in [-0.2, -0.15) is 9.61 Å². The van der Waals surface area contributed by atoms with E-state index in [4.69, 9.17) is 0 Å². The molecule has 0 saturated heterocycles. The Hall–Kier alpha value is -2.89. The minimum atomic E-state index is -0.267. The number of hydrogen-bond donors (Lipinski definition) is 2. The van der Waals surface area contributed by atoms with E-state index in [2.05, 4.69) is 20.7 Å². The Bertz CT molecular complexity index is 795. The van der Waals surface area contributed by atoms with E-state index in [1.54, 1.807) is 16.8 Å². The fraction of sp³-hybridized carbons (Fsp3) is 0.188. The van der Waals surface area contributed by atoms with Gasteiger partial charge < -0.3 is 5.32 Å². The molecule has 0 fully saturated rings. The second kappa shape index (κ2) is 5.85. The Balaban J connectivity index is 2.01. The first-order chi connectivity index (χ1) is 10.6. The lowest BCUT2D eigenvalue weighted by Crippen LogP contribution is -2.34. The lowest BCUT2D eigenvalue weighted by Gasteiger charge is -2.12. The summed E-state index contributed by atoms with van der Waals surface area (Å²) in [7, 11) is 0. The zero-order chi connectivity index (χ0) is 15.5. The number of carbonyl (C=O) groups excluding carboxylic acids is 1. The average Bonchev–Trinajstić information content (AvgIpc) is 2.96. The molecule has 0 bridgehead atoms. The van der Waals surface area contributed by atoms with Crippen molar-refractivity contribution in [3.63, 3.8) is 0 Å². The fourth-order valence-electron chi connectivity index (χ4n) is 2.17. The summed E-state index contributed by atoms with van der Waals surface area (Å²) in [6.45, 7) is 3.82. The van der Waals surface area contributed by atoms with Crippen LogP contribution in [0.4, 0.5) is 10.6 Å². The van der Waals surface area contributed by atoms with Crippen molar-refractivity contribution in [1.29, 1.82) is 0 Å². The lowest BCUT2D eigenvalue weighted by molar-refractivity contribution is 0.250. The summed E-state index contributed by atoms with van der Waals surface area (Å²) in [6, 6.07) is 13.2. The van der Waals surface area contributed by atoms with Crippen LogP contribution in [0.3, 0.4) is 0 Å². The highest BCUT2D eigenvalue weighted by Gasteiger charge is 2.11. The molecule has 0 unspecified atom stereocenters. The van der Waals surface area contributed by atoms with Crippen molar-refractivity contribution in [2.24, 2.45) is 0 Å². The first-order valence-electron chi connectivity index (χ1n) is 7.11. The van der Waals surface area contributed by atoms with Crippen LogP contribution in [0.25, 0.3) is 16.9 Å². The van der Waals surface area contributed by atoms with Crippen molar-refractivity contribution in [1.82, 2.24) is 19.9 Å². The second-order valence-corrected chi connectivity index (χ2v) is 5.25. The molecule has 0 atom stereocenters. The SMILES string of the molecule is CC(C)NC(=O)Nc1cc(-c2ccccc2)nc2ccnn12.